The number of hydrogen-bond acceptors (Lipinski definition) is 3. The number of aldehydes is 1. The summed E-state index contributed by atoms with van der Waals surface area (Å²) in [6.45, 7) is 1.78. The van der Waals surface area contributed by atoms with E-state index in [0.717, 1.165) is 6.29 Å². The fourth-order valence-corrected chi connectivity index (χ4v) is 1.06. The highest BCUT2D eigenvalue weighted by Gasteiger charge is 2.34. The second kappa shape index (κ2) is 2.40. The predicted molar refractivity (Wildman–Crippen MR) is 34.4 cm³/mol. The SMILES string of the molecule is C[C@@]1(CC=O)CCC(=O)O1. The van der Waals surface area contributed by atoms with Gasteiger partial charge in [-0.3, -0.25) is 4.79 Å². The third-order valence-corrected chi connectivity index (χ3v) is 1.73. The summed E-state index contributed by atoms with van der Waals surface area (Å²) in [5, 5.41) is 0. The molecule has 3 heteroatoms. The number of ether oxygens (including phenoxy) is 1. The Balaban J connectivity index is 2.53. The van der Waals surface area contributed by atoms with Gasteiger partial charge in [0.1, 0.15) is 11.9 Å². The molecule has 0 aromatic heterocycles. The Morgan fingerprint density at radius 3 is 2.90 bits per heavy atom. The van der Waals surface area contributed by atoms with Crippen LogP contribution >= 0.6 is 0 Å². The zero-order chi connectivity index (χ0) is 7.61. The van der Waals surface area contributed by atoms with E-state index in [4.69, 9.17) is 4.74 Å². The molecule has 0 saturated carbocycles. The second-order valence-electron chi connectivity index (χ2n) is 2.79. The van der Waals surface area contributed by atoms with Gasteiger partial charge in [0, 0.05) is 12.8 Å². The van der Waals surface area contributed by atoms with Crippen LogP contribution in [-0.4, -0.2) is 17.9 Å². The van der Waals surface area contributed by atoms with Gasteiger partial charge >= 0.3 is 5.97 Å². The Hall–Kier alpha value is -0.860. The average molecular weight is 142 g/mol. The molecular formula is C7H10O3. The van der Waals surface area contributed by atoms with Gasteiger partial charge < -0.3 is 9.53 Å². The third kappa shape index (κ3) is 1.35. The van der Waals surface area contributed by atoms with Crippen molar-refractivity contribution in [2.24, 2.45) is 0 Å². The Bertz CT molecular complexity index is 164. The minimum atomic E-state index is -0.501. The Morgan fingerprint density at radius 1 is 1.80 bits per heavy atom. The van der Waals surface area contributed by atoms with Crippen molar-refractivity contribution in [3.63, 3.8) is 0 Å². The molecule has 1 aliphatic rings. The predicted octanol–water partition coefficient (Wildman–Crippen LogP) is 0.671. The molecule has 1 atom stereocenters. The zero-order valence-corrected chi connectivity index (χ0v) is 5.92. The number of cyclic esters (lactones) is 1. The highest BCUT2D eigenvalue weighted by atomic mass is 16.6. The lowest BCUT2D eigenvalue weighted by atomic mass is 10.00. The van der Waals surface area contributed by atoms with E-state index in [1.807, 2.05) is 0 Å². The normalized spacial score (nSPS) is 31.9. The van der Waals surface area contributed by atoms with Crippen LogP contribution in [-0.2, 0) is 14.3 Å². The molecule has 0 bridgehead atoms. The van der Waals surface area contributed by atoms with Crippen LogP contribution < -0.4 is 0 Å². The first-order valence-corrected chi connectivity index (χ1v) is 3.32. The number of carbonyl (C=O) groups excluding carboxylic acids is 2. The van der Waals surface area contributed by atoms with Crippen molar-refractivity contribution in [1.29, 1.82) is 0 Å². The van der Waals surface area contributed by atoms with Gasteiger partial charge in [-0.15, -0.1) is 0 Å². The largest absolute Gasteiger partial charge is 0.459 e. The van der Waals surface area contributed by atoms with Gasteiger partial charge in [0.2, 0.25) is 0 Å². The van der Waals surface area contributed by atoms with Crippen LogP contribution in [0.5, 0.6) is 0 Å². The van der Waals surface area contributed by atoms with E-state index in [9.17, 15) is 9.59 Å². The van der Waals surface area contributed by atoms with E-state index < -0.39 is 5.60 Å². The van der Waals surface area contributed by atoms with Gasteiger partial charge in [0.25, 0.3) is 0 Å². The fourth-order valence-electron chi connectivity index (χ4n) is 1.06. The summed E-state index contributed by atoms with van der Waals surface area (Å²) in [6, 6.07) is 0. The van der Waals surface area contributed by atoms with Crippen LogP contribution in [0.1, 0.15) is 26.2 Å². The van der Waals surface area contributed by atoms with Crippen LogP contribution in [0.4, 0.5) is 0 Å². The molecule has 1 fully saturated rings. The zero-order valence-electron chi connectivity index (χ0n) is 5.92. The molecule has 0 spiro atoms. The number of rotatable bonds is 2. The topological polar surface area (TPSA) is 43.4 Å². The van der Waals surface area contributed by atoms with E-state index >= 15 is 0 Å². The standard InChI is InChI=1S/C7H10O3/c1-7(4-5-8)3-2-6(9)10-7/h5H,2-4H2,1H3/t7-/m0/s1. The molecule has 1 heterocycles. The fraction of sp³-hybridized carbons (Fsp3) is 0.714. The molecule has 3 nitrogen and oxygen atoms in total. The van der Waals surface area contributed by atoms with E-state index in [1.54, 1.807) is 6.92 Å². The van der Waals surface area contributed by atoms with E-state index in [0.29, 0.717) is 19.3 Å². The lowest BCUT2D eigenvalue weighted by Gasteiger charge is -2.18. The summed E-state index contributed by atoms with van der Waals surface area (Å²) in [7, 11) is 0. The first-order valence-electron chi connectivity index (χ1n) is 3.32. The van der Waals surface area contributed by atoms with E-state index in [1.165, 1.54) is 0 Å². The van der Waals surface area contributed by atoms with Crippen LogP contribution in [0.3, 0.4) is 0 Å². The van der Waals surface area contributed by atoms with Crippen molar-refractivity contribution in [3.05, 3.63) is 0 Å². The van der Waals surface area contributed by atoms with Gasteiger partial charge in [-0.25, -0.2) is 0 Å². The van der Waals surface area contributed by atoms with Crippen LogP contribution in [0.2, 0.25) is 0 Å². The van der Waals surface area contributed by atoms with Crippen molar-refractivity contribution in [1.82, 2.24) is 0 Å². The van der Waals surface area contributed by atoms with Crippen molar-refractivity contribution >= 4 is 12.3 Å². The summed E-state index contributed by atoms with van der Waals surface area (Å²) in [6.07, 6.45) is 2.23. The molecule has 0 aliphatic carbocycles. The highest BCUT2D eigenvalue weighted by molar-refractivity contribution is 5.73. The van der Waals surface area contributed by atoms with Gasteiger partial charge in [0.15, 0.2) is 0 Å². The van der Waals surface area contributed by atoms with Crippen LogP contribution in [0.15, 0.2) is 0 Å². The molecule has 0 radical (unpaired) electrons. The van der Waals surface area contributed by atoms with Crippen molar-refractivity contribution in [2.45, 2.75) is 31.8 Å². The summed E-state index contributed by atoms with van der Waals surface area (Å²) >= 11 is 0. The van der Waals surface area contributed by atoms with Crippen molar-refractivity contribution in [3.8, 4) is 0 Å². The van der Waals surface area contributed by atoms with Crippen molar-refractivity contribution in [2.75, 3.05) is 0 Å². The number of esters is 1. The Kier molecular flexibility index (Phi) is 1.74. The molecule has 0 aromatic rings. The molecule has 0 aromatic carbocycles. The molecule has 56 valence electrons. The first kappa shape index (κ1) is 7.25. The van der Waals surface area contributed by atoms with E-state index in [-0.39, 0.29) is 5.97 Å². The second-order valence-corrected chi connectivity index (χ2v) is 2.79. The summed E-state index contributed by atoms with van der Waals surface area (Å²) < 4.78 is 4.92. The number of carbonyl (C=O) groups is 2. The molecule has 0 unspecified atom stereocenters. The van der Waals surface area contributed by atoms with Gasteiger partial charge in [-0.1, -0.05) is 0 Å². The van der Waals surface area contributed by atoms with Gasteiger partial charge in [-0.05, 0) is 13.3 Å². The summed E-state index contributed by atoms with van der Waals surface area (Å²) in [5.74, 6) is -0.190. The third-order valence-electron chi connectivity index (χ3n) is 1.73. The molecular weight excluding hydrogens is 132 g/mol. The van der Waals surface area contributed by atoms with E-state index in [2.05, 4.69) is 0 Å². The molecule has 1 saturated heterocycles. The molecule has 0 N–H and O–H groups in total. The Morgan fingerprint density at radius 2 is 2.50 bits per heavy atom. The quantitative estimate of drug-likeness (QED) is 0.420. The lowest BCUT2D eigenvalue weighted by molar-refractivity contribution is -0.147. The maximum atomic E-state index is 10.6. The molecule has 0 amide bonds. The van der Waals surface area contributed by atoms with Gasteiger partial charge in [0.05, 0.1) is 0 Å². The van der Waals surface area contributed by atoms with Gasteiger partial charge in [-0.2, -0.15) is 0 Å². The molecule has 1 aliphatic heterocycles. The summed E-state index contributed by atoms with van der Waals surface area (Å²) in [4.78, 5) is 20.7. The minimum absolute atomic E-state index is 0.190. The maximum absolute atomic E-state index is 10.6. The van der Waals surface area contributed by atoms with Crippen molar-refractivity contribution < 1.29 is 14.3 Å². The average Bonchev–Trinajstić information content (AvgIpc) is 2.12. The summed E-state index contributed by atoms with van der Waals surface area (Å²) in [5.41, 5.74) is -0.501. The lowest BCUT2D eigenvalue weighted by Crippen LogP contribution is -2.23. The molecule has 1 rings (SSSR count). The smallest absolute Gasteiger partial charge is 0.306 e. The monoisotopic (exact) mass is 142 g/mol. The maximum Gasteiger partial charge on any atom is 0.306 e. The first-order chi connectivity index (χ1) is 4.66. The highest BCUT2D eigenvalue weighted by Crippen LogP contribution is 2.28. The number of hydrogen-bond donors (Lipinski definition) is 0. The molecule has 10 heavy (non-hydrogen) atoms. The van der Waals surface area contributed by atoms with Crippen LogP contribution in [0.25, 0.3) is 0 Å². The van der Waals surface area contributed by atoms with Crippen LogP contribution in [0, 0.1) is 0 Å². The minimum Gasteiger partial charge on any atom is -0.459 e. The Labute approximate surface area is 59.4 Å².